The number of nitrogens with zero attached hydrogens (tertiary/aromatic N) is 1. The van der Waals surface area contributed by atoms with Crippen LogP contribution in [0.2, 0.25) is 0 Å². The minimum atomic E-state index is -1.06. The highest BCUT2D eigenvalue weighted by Gasteiger charge is 2.41. The summed E-state index contributed by atoms with van der Waals surface area (Å²) < 4.78 is 0. The highest BCUT2D eigenvalue weighted by atomic mass is 16.4. The van der Waals surface area contributed by atoms with E-state index in [4.69, 9.17) is 0 Å². The van der Waals surface area contributed by atoms with Gasteiger partial charge in [-0.1, -0.05) is 26.2 Å². The van der Waals surface area contributed by atoms with Crippen molar-refractivity contribution in [2.24, 2.45) is 5.92 Å². The van der Waals surface area contributed by atoms with E-state index in [1.54, 1.807) is 0 Å². The maximum Gasteiger partial charge on any atom is 0.329 e. The van der Waals surface area contributed by atoms with Crippen molar-refractivity contribution in [2.45, 2.75) is 51.0 Å². The molecule has 21 heavy (non-hydrogen) atoms. The number of rotatable bonds is 5. The summed E-state index contributed by atoms with van der Waals surface area (Å²) in [4.78, 5) is 25.9. The van der Waals surface area contributed by atoms with E-state index in [1.807, 2.05) is 0 Å². The van der Waals surface area contributed by atoms with E-state index in [-0.39, 0.29) is 6.03 Å². The Hall–Kier alpha value is -1.30. The molecule has 2 rings (SSSR count). The molecule has 0 aromatic rings. The van der Waals surface area contributed by atoms with Gasteiger partial charge in [-0.05, 0) is 38.3 Å². The van der Waals surface area contributed by atoms with Gasteiger partial charge >= 0.3 is 12.0 Å². The van der Waals surface area contributed by atoms with Crippen molar-refractivity contribution < 1.29 is 14.7 Å². The minimum Gasteiger partial charge on any atom is -0.480 e. The number of likely N-dealkylation sites (tertiary alicyclic amines) is 1. The van der Waals surface area contributed by atoms with Crippen molar-refractivity contribution in [3.63, 3.8) is 0 Å². The first-order chi connectivity index (χ1) is 10.1. The largest absolute Gasteiger partial charge is 0.480 e. The van der Waals surface area contributed by atoms with Crippen LogP contribution in [0, 0.1) is 5.92 Å². The minimum absolute atomic E-state index is 0.339. The Morgan fingerprint density at radius 2 is 2.00 bits per heavy atom. The molecule has 1 atom stereocenters. The molecule has 3 N–H and O–H groups in total. The van der Waals surface area contributed by atoms with Gasteiger partial charge < -0.3 is 20.6 Å². The van der Waals surface area contributed by atoms with Crippen LogP contribution in [0.5, 0.6) is 0 Å². The van der Waals surface area contributed by atoms with Crippen LogP contribution in [0.15, 0.2) is 0 Å². The third kappa shape index (κ3) is 4.09. The summed E-state index contributed by atoms with van der Waals surface area (Å²) in [7, 11) is 0. The van der Waals surface area contributed by atoms with E-state index in [0.29, 0.717) is 25.3 Å². The molecule has 6 heteroatoms. The molecule has 0 radical (unpaired) electrons. The number of hydrogen-bond donors (Lipinski definition) is 3. The number of hydrogen-bond acceptors (Lipinski definition) is 3. The Balaban J connectivity index is 1.79. The number of aliphatic carboxylic acids is 1. The normalized spacial score (nSPS) is 25.5. The Bertz CT molecular complexity index is 380. The summed E-state index contributed by atoms with van der Waals surface area (Å²) in [5.41, 5.74) is -1.06. The van der Waals surface area contributed by atoms with Crippen molar-refractivity contribution in [1.29, 1.82) is 0 Å². The van der Waals surface area contributed by atoms with E-state index < -0.39 is 11.5 Å². The van der Waals surface area contributed by atoms with Crippen molar-refractivity contribution in [1.82, 2.24) is 15.5 Å². The number of carboxylic acid groups (broad SMARTS) is 1. The molecule has 120 valence electrons. The molecule has 0 aromatic carbocycles. The first kappa shape index (κ1) is 16.1. The number of carbonyl (C=O) groups is 2. The lowest BCUT2D eigenvalue weighted by Gasteiger charge is -2.34. The van der Waals surface area contributed by atoms with E-state index >= 15 is 0 Å². The van der Waals surface area contributed by atoms with Crippen LogP contribution in [-0.2, 0) is 4.79 Å². The second-order valence-electron chi connectivity index (χ2n) is 6.33. The zero-order valence-corrected chi connectivity index (χ0v) is 12.9. The highest BCUT2D eigenvalue weighted by Crippen LogP contribution is 2.28. The van der Waals surface area contributed by atoms with Crippen molar-refractivity contribution in [3.8, 4) is 0 Å². The molecule has 0 spiro atoms. The third-order valence-corrected chi connectivity index (χ3v) is 4.84. The van der Waals surface area contributed by atoms with Gasteiger partial charge in [-0.3, -0.25) is 0 Å². The van der Waals surface area contributed by atoms with Crippen LogP contribution in [0.25, 0.3) is 0 Å². The Morgan fingerprint density at radius 3 is 2.57 bits per heavy atom. The summed E-state index contributed by atoms with van der Waals surface area (Å²) in [6.45, 7) is 5.91. The Kier molecular flexibility index (Phi) is 5.45. The quantitative estimate of drug-likeness (QED) is 0.717. The van der Waals surface area contributed by atoms with Gasteiger partial charge in [0.15, 0.2) is 0 Å². The second kappa shape index (κ2) is 7.11. The fourth-order valence-electron chi connectivity index (χ4n) is 3.41. The number of nitrogens with one attached hydrogen (secondary N) is 2. The van der Waals surface area contributed by atoms with Gasteiger partial charge in [-0.25, -0.2) is 9.59 Å². The molecule has 0 bridgehead atoms. The molecule has 1 saturated heterocycles. The molecule has 2 amide bonds. The first-order valence-electron chi connectivity index (χ1n) is 8.07. The summed E-state index contributed by atoms with van der Waals surface area (Å²) in [6, 6.07) is -0.339. The first-order valence-corrected chi connectivity index (χ1v) is 8.07. The third-order valence-electron chi connectivity index (χ3n) is 4.84. The predicted molar refractivity (Wildman–Crippen MR) is 80.2 cm³/mol. The molecule has 0 aromatic heterocycles. The molecule has 6 nitrogen and oxygen atoms in total. The average Bonchev–Trinajstić information content (AvgIpc) is 2.94. The van der Waals surface area contributed by atoms with Crippen molar-refractivity contribution in [2.75, 3.05) is 26.2 Å². The summed E-state index contributed by atoms with van der Waals surface area (Å²) >= 11 is 0. The van der Waals surface area contributed by atoms with Gasteiger partial charge in [0.2, 0.25) is 0 Å². The molecule has 1 aliphatic heterocycles. The van der Waals surface area contributed by atoms with E-state index in [1.165, 1.54) is 0 Å². The van der Waals surface area contributed by atoms with Gasteiger partial charge in [0.05, 0.1) is 0 Å². The SMILES string of the molecule is CCN1CCC(CNC(=O)NC2(C(=O)O)CCCCC2)C1. The lowest BCUT2D eigenvalue weighted by molar-refractivity contribution is -0.145. The Labute approximate surface area is 126 Å². The molecular formula is C15H27N3O3. The number of amides is 2. The van der Waals surface area contributed by atoms with Crippen LogP contribution in [0.1, 0.15) is 45.4 Å². The molecule has 2 aliphatic rings. The van der Waals surface area contributed by atoms with Crippen LogP contribution in [0.3, 0.4) is 0 Å². The van der Waals surface area contributed by atoms with Crippen LogP contribution in [-0.4, -0.2) is 53.7 Å². The fraction of sp³-hybridized carbons (Fsp3) is 0.867. The van der Waals surface area contributed by atoms with E-state index in [2.05, 4.69) is 22.5 Å². The lowest BCUT2D eigenvalue weighted by atomic mass is 9.82. The molecule has 1 aliphatic carbocycles. The smallest absolute Gasteiger partial charge is 0.329 e. The molecular weight excluding hydrogens is 270 g/mol. The van der Waals surface area contributed by atoms with Gasteiger partial charge in [-0.2, -0.15) is 0 Å². The van der Waals surface area contributed by atoms with Gasteiger partial charge in [-0.15, -0.1) is 0 Å². The molecule has 1 heterocycles. The lowest BCUT2D eigenvalue weighted by Crippen LogP contribution is -2.58. The van der Waals surface area contributed by atoms with Crippen LogP contribution < -0.4 is 10.6 Å². The van der Waals surface area contributed by atoms with Crippen LogP contribution >= 0.6 is 0 Å². The van der Waals surface area contributed by atoms with E-state index in [9.17, 15) is 14.7 Å². The second-order valence-corrected chi connectivity index (χ2v) is 6.33. The summed E-state index contributed by atoms with van der Waals surface area (Å²) in [5.74, 6) is -0.432. The fourth-order valence-corrected chi connectivity index (χ4v) is 3.41. The number of urea groups is 1. The maximum absolute atomic E-state index is 12.0. The zero-order valence-electron chi connectivity index (χ0n) is 12.9. The maximum atomic E-state index is 12.0. The molecule has 1 unspecified atom stereocenters. The van der Waals surface area contributed by atoms with Gasteiger partial charge in [0.1, 0.15) is 5.54 Å². The number of carboxylic acids is 1. The predicted octanol–water partition coefficient (Wildman–Crippen LogP) is 1.41. The average molecular weight is 297 g/mol. The van der Waals surface area contributed by atoms with E-state index in [0.717, 1.165) is 45.3 Å². The Morgan fingerprint density at radius 1 is 1.29 bits per heavy atom. The topological polar surface area (TPSA) is 81.7 Å². The van der Waals surface area contributed by atoms with Crippen LogP contribution in [0.4, 0.5) is 4.79 Å². The van der Waals surface area contributed by atoms with Crippen molar-refractivity contribution in [3.05, 3.63) is 0 Å². The van der Waals surface area contributed by atoms with Gasteiger partial charge in [0.25, 0.3) is 0 Å². The molecule has 2 fully saturated rings. The standard InChI is InChI=1S/C15H27N3O3/c1-2-18-9-6-12(11-18)10-16-14(21)17-15(13(19)20)7-4-3-5-8-15/h12H,2-11H2,1H3,(H,19,20)(H2,16,17,21). The highest BCUT2D eigenvalue weighted by molar-refractivity contribution is 5.86. The summed E-state index contributed by atoms with van der Waals surface area (Å²) in [5, 5.41) is 15.0. The van der Waals surface area contributed by atoms with Crippen molar-refractivity contribution >= 4 is 12.0 Å². The monoisotopic (exact) mass is 297 g/mol. The number of carbonyl (C=O) groups excluding carboxylic acids is 1. The summed E-state index contributed by atoms with van der Waals surface area (Å²) in [6.07, 6.45) is 4.93. The van der Waals surface area contributed by atoms with Gasteiger partial charge in [0, 0.05) is 13.1 Å². The molecule has 1 saturated carbocycles. The zero-order chi connectivity index (χ0) is 15.3.